The molecule has 1 heterocycles. The van der Waals surface area contributed by atoms with Crippen molar-refractivity contribution in [3.8, 4) is 6.07 Å². The molecule has 1 aromatic rings. The molecule has 90 valence electrons. The number of hydrogen-bond acceptors (Lipinski definition) is 4. The van der Waals surface area contributed by atoms with Gasteiger partial charge in [0.2, 0.25) is 0 Å². The Balaban J connectivity index is 2.31. The minimum atomic E-state index is -0.769. The van der Waals surface area contributed by atoms with Crippen LogP contribution in [-0.2, 0) is 4.79 Å². The number of anilines is 1. The first-order chi connectivity index (χ1) is 8.13. The molecule has 0 aliphatic carbocycles. The third-order valence-electron chi connectivity index (χ3n) is 2.41. The molecule has 1 rings (SSSR count). The van der Waals surface area contributed by atoms with Gasteiger partial charge < -0.3 is 10.4 Å². The maximum atomic E-state index is 10.6. The summed E-state index contributed by atoms with van der Waals surface area (Å²) in [6.45, 7) is 2.34. The van der Waals surface area contributed by atoms with Crippen LogP contribution in [0.3, 0.4) is 0 Å². The van der Waals surface area contributed by atoms with Crippen LogP contribution in [-0.4, -0.2) is 22.6 Å². The average molecular weight is 233 g/mol. The van der Waals surface area contributed by atoms with E-state index in [0.29, 0.717) is 24.5 Å². The van der Waals surface area contributed by atoms with E-state index >= 15 is 0 Å². The predicted octanol–water partition coefficient (Wildman–Crippen LogP) is 1.87. The van der Waals surface area contributed by atoms with Crippen molar-refractivity contribution in [2.75, 3.05) is 11.9 Å². The Bertz CT molecular complexity index is 426. The number of rotatable bonds is 6. The van der Waals surface area contributed by atoms with Gasteiger partial charge in [0.15, 0.2) is 0 Å². The summed E-state index contributed by atoms with van der Waals surface area (Å²) in [4.78, 5) is 14.6. The van der Waals surface area contributed by atoms with Crippen molar-refractivity contribution in [2.45, 2.75) is 19.8 Å². The van der Waals surface area contributed by atoms with E-state index in [1.807, 2.05) is 6.07 Å². The lowest BCUT2D eigenvalue weighted by molar-refractivity contribution is -0.141. The molecule has 17 heavy (non-hydrogen) atoms. The minimum Gasteiger partial charge on any atom is -0.481 e. The molecular weight excluding hydrogens is 218 g/mol. The zero-order valence-electron chi connectivity index (χ0n) is 9.68. The molecule has 0 aliphatic heterocycles. The zero-order valence-corrected chi connectivity index (χ0v) is 9.68. The molecule has 0 bridgehead atoms. The normalized spacial score (nSPS) is 11.5. The van der Waals surface area contributed by atoms with Gasteiger partial charge in [0.1, 0.15) is 17.6 Å². The molecular formula is C12H15N3O2. The molecule has 0 radical (unpaired) electrons. The van der Waals surface area contributed by atoms with E-state index < -0.39 is 5.97 Å². The molecule has 0 saturated heterocycles. The van der Waals surface area contributed by atoms with E-state index in [2.05, 4.69) is 10.3 Å². The Kier molecular flexibility index (Phi) is 4.95. The summed E-state index contributed by atoms with van der Waals surface area (Å²) in [5.74, 6) is -0.447. The second-order valence-electron chi connectivity index (χ2n) is 3.83. The average Bonchev–Trinajstić information content (AvgIpc) is 2.34. The van der Waals surface area contributed by atoms with Gasteiger partial charge in [-0.2, -0.15) is 5.26 Å². The monoisotopic (exact) mass is 233 g/mol. The fraction of sp³-hybridized carbons (Fsp3) is 0.417. The molecule has 0 saturated carbocycles. The Morgan fingerprint density at radius 3 is 3.06 bits per heavy atom. The molecule has 0 aromatic carbocycles. The fourth-order valence-corrected chi connectivity index (χ4v) is 1.34. The van der Waals surface area contributed by atoms with E-state index in [1.54, 1.807) is 25.1 Å². The Morgan fingerprint density at radius 1 is 1.65 bits per heavy atom. The molecule has 5 heteroatoms. The Labute approximate surface area is 100 Å². The standard InChI is InChI=1S/C12H15N3O2/c1-9(12(16)17)4-3-7-14-11-6-2-5-10(8-13)15-11/h2,5-6,9H,3-4,7H2,1H3,(H,14,15)(H,16,17). The molecule has 0 spiro atoms. The van der Waals surface area contributed by atoms with Gasteiger partial charge >= 0.3 is 5.97 Å². The predicted molar refractivity (Wildman–Crippen MR) is 63.5 cm³/mol. The second-order valence-corrected chi connectivity index (χ2v) is 3.83. The van der Waals surface area contributed by atoms with Crippen molar-refractivity contribution in [3.05, 3.63) is 23.9 Å². The largest absolute Gasteiger partial charge is 0.481 e. The number of carboxylic acids is 1. The van der Waals surface area contributed by atoms with E-state index in [9.17, 15) is 4.79 Å². The fourth-order valence-electron chi connectivity index (χ4n) is 1.34. The first kappa shape index (κ1) is 13.0. The summed E-state index contributed by atoms with van der Waals surface area (Å²) < 4.78 is 0. The van der Waals surface area contributed by atoms with E-state index in [4.69, 9.17) is 10.4 Å². The van der Waals surface area contributed by atoms with Crippen LogP contribution in [0.4, 0.5) is 5.82 Å². The lowest BCUT2D eigenvalue weighted by atomic mass is 10.1. The highest BCUT2D eigenvalue weighted by Gasteiger charge is 2.09. The molecule has 1 atom stereocenters. The molecule has 0 amide bonds. The number of carbonyl (C=O) groups is 1. The number of nitrogens with one attached hydrogen (secondary N) is 1. The van der Waals surface area contributed by atoms with Crippen LogP contribution >= 0.6 is 0 Å². The van der Waals surface area contributed by atoms with Crippen LogP contribution in [0.5, 0.6) is 0 Å². The topological polar surface area (TPSA) is 86.0 Å². The quantitative estimate of drug-likeness (QED) is 0.732. The highest BCUT2D eigenvalue weighted by molar-refractivity contribution is 5.69. The Morgan fingerprint density at radius 2 is 2.41 bits per heavy atom. The van der Waals surface area contributed by atoms with Crippen molar-refractivity contribution in [1.29, 1.82) is 5.26 Å². The van der Waals surface area contributed by atoms with Gasteiger partial charge in [-0.3, -0.25) is 4.79 Å². The summed E-state index contributed by atoms with van der Waals surface area (Å²) >= 11 is 0. The smallest absolute Gasteiger partial charge is 0.306 e. The summed E-state index contributed by atoms with van der Waals surface area (Å²) in [7, 11) is 0. The van der Waals surface area contributed by atoms with Crippen molar-refractivity contribution in [3.63, 3.8) is 0 Å². The van der Waals surface area contributed by atoms with Crippen molar-refractivity contribution >= 4 is 11.8 Å². The van der Waals surface area contributed by atoms with Crippen LogP contribution in [0.1, 0.15) is 25.5 Å². The molecule has 5 nitrogen and oxygen atoms in total. The van der Waals surface area contributed by atoms with E-state index in [1.165, 1.54) is 0 Å². The first-order valence-corrected chi connectivity index (χ1v) is 5.47. The molecule has 1 aromatic heterocycles. The second kappa shape index (κ2) is 6.48. The van der Waals surface area contributed by atoms with Crippen LogP contribution in [0.25, 0.3) is 0 Å². The van der Waals surface area contributed by atoms with Gasteiger partial charge in [0.25, 0.3) is 0 Å². The third-order valence-corrected chi connectivity index (χ3v) is 2.41. The van der Waals surface area contributed by atoms with Crippen molar-refractivity contribution in [1.82, 2.24) is 4.98 Å². The molecule has 0 aliphatic rings. The highest BCUT2D eigenvalue weighted by Crippen LogP contribution is 2.07. The number of nitriles is 1. The number of nitrogens with zero attached hydrogens (tertiary/aromatic N) is 2. The lowest BCUT2D eigenvalue weighted by Gasteiger charge is -2.07. The molecule has 1 unspecified atom stereocenters. The summed E-state index contributed by atoms with van der Waals surface area (Å²) in [5.41, 5.74) is 0.369. The van der Waals surface area contributed by atoms with Gasteiger partial charge in [-0.25, -0.2) is 4.98 Å². The number of carboxylic acid groups (broad SMARTS) is 1. The third kappa shape index (κ3) is 4.51. The van der Waals surface area contributed by atoms with Crippen molar-refractivity contribution < 1.29 is 9.90 Å². The zero-order chi connectivity index (χ0) is 12.7. The number of aliphatic carboxylic acids is 1. The summed E-state index contributed by atoms with van der Waals surface area (Å²) in [6.07, 6.45) is 1.38. The maximum Gasteiger partial charge on any atom is 0.306 e. The number of aromatic nitrogens is 1. The first-order valence-electron chi connectivity index (χ1n) is 5.47. The van der Waals surface area contributed by atoms with E-state index in [0.717, 1.165) is 6.42 Å². The van der Waals surface area contributed by atoms with E-state index in [-0.39, 0.29) is 5.92 Å². The SMILES string of the molecule is CC(CCCNc1cccc(C#N)n1)C(=O)O. The molecule has 2 N–H and O–H groups in total. The summed E-state index contributed by atoms with van der Waals surface area (Å²) in [6, 6.07) is 7.14. The van der Waals surface area contributed by atoms with Gasteiger partial charge in [-0.1, -0.05) is 13.0 Å². The van der Waals surface area contributed by atoms with Gasteiger partial charge in [-0.15, -0.1) is 0 Å². The van der Waals surface area contributed by atoms with Crippen LogP contribution in [0.2, 0.25) is 0 Å². The van der Waals surface area contributed by atoms with Crippen LogP contribution in [0.15, 0.2) is 18.2 Å². The van der Waals surface area contributed by atoms with Crippen LogP contribution < -0.4 is 5.32 Å². The Hall–Kier alpha value is -2.09. The van der Waals surface area contributed by atoms with Gasteiger partial charge in [0, 0.05) is 6.54 Å². The minimum absolute atomic E-state index is 0.324. The van der Waals surface area contributed by atoms with Gasteiger partial charge in [0.05, 0.1) is 5.92 Å². The number of hydrogen-bond donors (Lipinski definition) is 2. The summed E-state index contributed by atoms with van der Waals surface area (Å²) in [5, 5.41) is 20.4. The maximum absolute atomic E-state index is 10.6. The number of pyridine rings is 1. The van der Waals surface area contributed by atoms with Crippen LogP contribution in [0, 0.1) is 17.2 Å². The lowest BCUT2D eigenvalue weighted by Crippen LogP contribution is -2.12. The molecule has 0 fully saturated rings. The van der Waals surface area contributed by atoms with Crippen molar-refractivity contribution in [2.24, 2.45) is 5.92 Å². The van der Waals surface area contributed by atoms with Gasteiger partial charge in [-0.05, 0) is 25.0 Å². The highest BCUT2D eigenvalue weighted by atomic mass is 16.4.